The Bertz CT molecular complexity index is 755. The van der Waals surface area contributed by atoms with Crippen molar-refractivity contribution in [3.05, 3.63) is 30.1 Å². The van der Waals surface area contributed by atoms with Gasteiger partial charge in [0, 0.05) is 52.0 Å². The smallest absolute Gasteiger partial charge is 0.306 e. The summed E-state index contributed by atoms with van der Waals surface area (Å²) < 4.78 is 5.97. The van der Waals surface area contributed by atoms with Crippen molar-refractivity contribution in [2.24, 2.45) is 0 Å². The van der Waals surface area contributed by atoms with Crippen LogP contribution in [0.25, 0.3) is 0 Å². The molecule has 0 unspecified atom stereocenters. The number of nitrogens with zero attached hydrogens (tertiary/aromatic N) is 3. The molecule has 2 heterocycles. The lowest BCUT2D eigenvalue weighted by Gasteiger charge is -2.43. The molecule has 3 rings (SSSR count). The summed E-state index contributed by atoms with van der Waals surface area (Å²) in [5.74, 6) is -0.315. The van der Waals surface area contributed by atoms with Gasteiger partial charge in [0.05, 0.1) is 16.8 Å². The quantitative estimate of drug-likeness (QED) is 0.511. The largest absolute Gasteiger partial charge is 0.461 e. The summed E-state index contributed by atoms with van der Waals surface area (Å²) in [6.07, 6.45) is 7.00. The molecule has 0 radical (unpaired) electrons. The molecule has 1 aromatic heterocycles. The molecule has 3 N–H and O–H groups in total. The second-order valence-corrected chi connectivity index (χ2v) is 8.61. The highest BCUT2D eigenvalue weighted by atomic mass is 32.1. The van der Waals surface area contributed by atoms with E-state index < -0.39 is 5.41 Å². The van der Waals surface area contributed by atoms with Crippen LogP contribution in [0.3, 0.4) is 0 Å². The zero-order valence-electron chi connectivity index (χ0n) is 18.4. The molecule has 1 aliphatic heterocycles. The summed E-state index contributed by atoms with van der Waals surface area (Å²) in [6, 6.07) is 3.89. The molecule has 0 bridgehead atoms. The van der Waals surface area contributed by atoms with E-state index in [1.165, 1.54) is 0 Å². The first kappa shape index (κ1) is 25.2. The summed E-state index contributed by atoms with van der Waals surface area (Å²) >= 11 is 5.71. The van der Waals surface area contributed by atoms with Crippen molar-refractivity contribution in [3.8, 4) is 0 Å². The third-order valence-electron chi connectivity index (χ3n) is 6.32. The first-order valence-electron chi connectivity index (χ1n) is 10.8. The molecular formula is C22H34N4O4S. The van der Waals surface area contributed by atoms with Crippen molar-refractivity contribution in [3.63, 3.8) is 0 Å². The van der Waals surface area contributed by atoms with Crippen LogP contribution >= 0.6 is 12.2 Å². The molecule has 2 atom stereocenters. The first-order chi connectivity index (χ1) is 14.5. The van der Waals surface area contributed by atoms with E-state index in [0.717, 1.165) is 44.3 Å². The Hall–Kier alpha value is -2.10. The minimum absolute atomic E-state index is 0. The molecule has 1 saturated heterocycles. The number of rotatable bonds is 6. The van der Waals surface area contributed by atoms with Gasteiger partial charge < -0.3 is 25.3 Å². The van der Waals surface area contributed by atoms with Crippen LogP contribution in [0, 0.1) is 0 Å². The van der Waals surface area contributed by atoms with E-state index in [9.17, 15) is 9.59 Å². The van der Waals surface area contributed by atoms with Crippen molar-refractivity contribution in [2.75, 3.05) is 40.3 Å². The third-order valence-corrected chi connectivity index (χ3v) is 6.89. The van der Waals surface area contributed by atoms with Gasteiger partial charge in [0.2, 0.25) is 5.91 Å². The van der Waals surface area contributed by atoms with Gasteiger partial charge >= 0.3 is 5.97 Å². The normalized spacial score (nSPS) is 24.1. The number of aromatic nitrogens is 1. The monoisotopic (exact) mass is 450 g/mol. The lowest BCUT2D eigenvalue weighted by molar-refractivity contribution is -0.155. The standard InChI is InChI=1S/C22H32N4O3S.H2O/c1-23-21(30)22(17-6-5-11-24-16-17)10-4-3-7-18(22)29-20(28)9-8-19(27)26-14-12-25(2)13-15-26;/h5-6,11,16,18H,3-4,7-10,12-15H2,1-2H3,(H,23,30);1H2/t18-,22+;/m1./s1. The lowest BCUT2D eigenvalue weighted by Crippen LogP contribution is -2.54. The predicted octanol–water partition coefficient (Wildman–Crippen LogP) is 1.08. The van der Waals surface area contributed by atoms with E-state index in [-0.39, 0.29) is 36.3 Å². The molecule has 0 aromatic carbocycles. The zero-order chi connectivity index (χ0) is 21.6. The molecule has 0 spiro atoms. The van der Waals surface area contributed by atoms with Gasteiger partial charge in [0.15, 0.2) is 0 Å². The summed E-state index contributed by atoms with van der Waals surface area (Å²) in [4.78, 5) is 34.1. The molecule has 1 amide bonds. The van der Waals surface area contributed by atoms with Gasteiger partial charge in [-0.25, -0.2) is 0 Å². The number of esters is 1. The van der Waals surface area contributed by atoms with Gasteiger partial charge in [-0.15, -0.1) is 0 Å². The molecule has 31 heavy (non-hydrogen) atoms. The Morgan fingerprint density at radius 3 is 2.65 bits per heavy atom. The topological polar surface area (TPSA) is 106 Å². The number of piperazine rings is 1. The molecule has 2 fully saturated rings. The van der Waals surface area contributed by atoms with Gasteiger partial charge in [0.1, 0.15) is 6.10 Å². The van der Waals surface area contributed by atoms with Crippen molar-refractivity contribution < 1.29 is 19.8 Å². The van der Waals surface area contributed by atoms with Crippen LogP contribution in [-0.4, -0.2) is 83.5 Å². The summed E-state index contributed by atoms with van der Waals surface area (Å²) in [6.45, 7) is 3.17. The number of pyridine rings is 1. The lowest BCUT2D eigenvalue weighted by atomic mass is 9.67. The second kappa shape index (κ2) is 11.5. The van der Waals surface area contributed by atoms with E-state index >= 15 is 0 Å². The van der Waals surface area contributed by atoms with Gasteiger partial charge in [-0.2, -0.15) is 0 Å². The fourth-order valence-corrected chi connectivity index (χ4v) is 4.86. The van der Waals surface area contributed by atoms with Gasteiger partial charge in [-0.1, -0.05) is 24.7 Å². The van der Waals surface area contributed by atoms with Gasteiger partial charge in [0.25, 0.3) is 0 Å². The van der Waals surface area contributed by atoms with Crippen LogP contribution < -0.4 is 5.32 Å². The third kappa shape index (κ3) is 5.78. The number of hydrogen-bond acceptors (Lipinski definition) is 6. The summed E-state index contributed by atoms with van der Waals surface area (Å²) in [7, 11) is 3.86. The fourth-order valence-electron chi connectivity index (χ4n) is 4.51. The number of thiocarbonyl (C=S) groups is 1. The molecule has 8 nitrogen and oxygen atoms in total. The molecule has 2 aliphatic rings. The van der Waals surface area contributed by atoms with Crippen molar-refractivity contribution in [2.45, 2.75) is 50.0 Å². The van der Waals surface area contributed by atoms with Crippen LogP contribution in [0.5, 0.6) is 0 Å². The summed E-state index contributed by atoms with van der Waals surface area (Å²) in [5, 5.41) is 3.12. The molecule has 9 heteroatoms. The highest BCUT2D eigenvalue weighted by Crippen LogP contribution is 2.42. The molecular weight excluding hydrogens is 416 g/mol. The predicted molar refractivity (Wildman–Crippen MR) is 123 cm³/mol. The average molecular weight is 451 g/mol. The minimum atomic E-state index is -0.576. The maximum absolute atomic E-state index is 12.7. The Morgan fingerprint density at radius 1 is 1.26 bits per heavy atom. The molecule has 1 aromatic rings. The fraction of sp³-hybridized carbons (Fsp3) is 0.636. The number of ether oxygens (including phenoxy) is 1. The number of hydrogen-bond donors (Lipinski definition) is 1. The molecule has 1 aliphatic carbocycles. The van der Waals surface area contributed by atoms with Crippen LogP contribution in [-0.2, 0) is 19.7 Å². The second-order valence-electron chi connectivity index (χ2n) is 8.20. The average Bonchev–Trinajstić information content (AvgIpc) is 2.78. The van der Waals surface area contributed by atoms with Crippen LogP contribution in [0.2, 0.25) is 0 Å². The van der Waals surface area contributed by atoms with E-state index in [1.54, 1.807) is 6.20 Å². The van der Waals surface area contributed by atoms with Crippen LogP contribution in [0.1, 0.15) is 44.1 Å². The van der Waals surface area contributed by atoms with E-state index in [0.29, 0.717) is 18.1 Å². The summed E-state index contributed by atoms with van der Waals surface area (Å²) in [5.41, 5.74) is 0.392. The maximum Gasteiger partial charge on any atom is 0.306 e. The number of carbonyl (C=O) groups excluding carboxylic acids is 2. The van der Waals surface area contributed by atoms with Crippen molar-refractivity contribution >= 4 is 29.1 Å². The van der Waals surface area contributed by atoms with Crippen LogP contribution in [0.15, 0.2) is 24.5 Å². The Balaban J connectivity index is 0.00000341. The first-order valence-corrected chi connectivity index (χ1v) is 11.2. The molecule has 1 saturated carbocycles. The van der Waals surface area contributed by atoms with Crippen molar-refractivity contribution in [1.82, 2.24) is 20.1 Å². The van der Waals surface area contributed by atoms with Gasteiger partial charge in [-0.3, -0.25) is 14.6 Å². The van der Waals surface area contributed by atoms with Crippen LogP contribution in [0.4, 0.5) is 0 Å². The Labute approximate surface area is 189 Å². The number of amides is 1. The van der Waals surface area contributed by atoms with Crippen molar-refractivity contribution in [1.29, 1.82) is 0 Å². The number of likely N-dealkylation sites (N-methyl/N-ethyl adjacent to an activating group) is 2. The Kier molecular flexibility index (Phi) is 9.33. The number of carbonyl (C=O) groups is 2. The van der Waals surface area contributed by atoms with E-state index in [1.807, 2.05) is 37.3 Å². The maximum atomic E-state index is 12.7. The molecule has 172 valence electrons. The number of nitrogens with one attached hydrogen (secondary N) is 1. The zero-order valence-corrected chi connectivity index (χ0v) is 19.2. The van der Waals surface area contributed by atoms with E-state index in [2.05, 4.69) is 15.2 Å². The van der Waals surface area contributed by atoms with Gasteiger partial charge in [-0.05, 0) is 37.9 Å². The Morgan fingerprint density at radius 2 is 2.00 bits per heavy atom. The SMILES string of the molecule is CNC(=S)[C@]1(c2cccnc2)CCCC[C@H]1OC(=O)CCC(=O)N1CCN(C)CC1.O. The van der Waals surface area contributed by atoms with E-state index in [4.69, 9.17) is 17.0 Å². The minimum Gasteiger partial charge on any atom is -0.461 e. The highest BCUT2D eigenvalue weighted by molar-refractivity contribution is 7.80. The highest BCUT2D eigenvalue weighted by Gasteiger charge is 2.48.